The summed E-state index contributed by atoms with van der Waals surface area (Å²) in [5.41, 5.74) is 2.35. The van der Waals surface area contributed by atoms with Crippen molar-refractivity contribution >= 4 is 21.7 Å². The molecule has 2 rings (SSSR count). The molecule has 1 unspecified atom stereocenters. The zero-order chi connectivity index (χ0) is 11.7. The molecule has 0 amide bonds. The van der Waals surface area contributed by atoms with Gasteiger partial charge >= 0.3 is 0 Å². The Morgan fingerprint density at radius 3 is 2.81 bits per heavy atom. The number of nitrogens with zero attached hydrogens (tertiary/aromatic N) is 2. The summed E-state index contributed by atoms with van der Waals surface area (Å²) in [6, 6.07) is 0. The van der Waals surface area contributed by atoms with Gasteiger partial charge in [-0.15, -0.1) is 0 Å². The third-order valence-electron chi connectivity index (χ3n) is 3.33. The number of Topliss-reactive ketones (excluding diaryl/α,β-unsaturated/α-hetero) is 1. The van der Waals surface area contributed by atoms with Crippen molar-refractivity contribution < 1.29 is 4.79 Å². The monoisotopic (exact) mass is 284 g/mol. The summed E-state index contributed by atoms with van der Waals surface area (Å²) in [4.78, 5) is 11.2. The molecule has 0 N–H and O–H groups in total. The van der Waals surface area contributed by atoms with Crippen molar-refractivity contribution in [3.05, 3.63) is 15.9 Å². The van der Waals surface area contributed by atoms with E-state index in [0.717, 1.165) is 42.3 Å². The summed E-state index contributed by atoms with van der Waals surface area (Å²) in [6.07, 6.45) is 4.46. The number of aromatic nitrogens is 2. The number of carbonyl (C=O) groups excluding carboxylic acids is 1. The first kappa shape index (κ1) is 11.8. The van der Waals surface area contributed by atoms with Crippen LogP contribution < -0.4 is 0 Å². The van der Waals surface area contributed by atoms with Gasteiger partial charge in [0.25, 0.3) is 0 Å². The van der Waals surface area contributed by atoms with Gasteiger partial charge in [0.2, 0.25) is 0 Å². The molecule has 0 saturated heterocycles. The lowest BCUT2D eigenvalue weighted by atomic mass is 10.0. The number of hydrogen-bond acceptors (Lipinski definition) is 2. The molecule has 1 saturated carbocycles. The lowest BCUT2D eigenvalue weighted by molar-refractivity contribution is -0.117. The van der Waals surface area contributed by atoms with Crippen LogP contribution in [-0.4, -0.2) is 15.6 Å². The molecule has 1 aliphatic carbocycles. The van der Waals surface area contributed by atoms with E-state index in [1.807, 2.05) is 11.7 Å². The van der Waals surface area contributed by atoms with E-state index in [2.05, 4.69) is 28.0 Å². The Balaban J connectivity index is 2.15. The average molecular weight is 285 g/mol. The molecule has 1 aromatic heterocycles. The van der Waals surface area contributed by atoms with Crippen molar-refractivity contribution in [2.45, 2.75) is 39.0 Å². The van der Waals surface area contributed by atoms with Crippen LogP contribution in [0.2, 0.25) is 0 Å². The van der Waals surface area contributed by atoms with Crippen LogP contribution >= 0.6 is 15.9 Å². The lowest BCUT2D eigenvalue weighted by Crippen LogP contribution is -2.06. The average Bonchev–Trinajstić information content (AvgIpc) is 2.77. The minimum absolute atomic E-state index is 0.416. The minimum Gasteiger partial charge on any atom is -0.300 e. The zero-order valence-electron chi connectivity index (χ0n) is 9.79. The van der Waals surface area contributed by atoms with Gasteiger partial charge in [-0.1, -0.05) is 6.92 Å². The van der Waals surface area contributed by atoms with Gasteiger partial charge in [0, 0.05) is 19.9 Å². The van der Waals surface area contributed by atoms with E-state index in [0.29, 0.717) is 11.7 Å². The second-order valence-corrected chi connectivity index (χ2v) is 5.33. The molecule has 0 radical (unpaired) electrons. The lowest BCUT2D eigenvalue weighted by Gasteiger charge is -2.08. The molecule has 0 spiro atoms. The highest BCUT2D eigenvalue weighted by Crippen LogP contribution is 2.30. The van der Waals surface area contributed by atoms with Crippen LogP contribution in [0, 0.1) is 5.92 Å². The number of aryl methyl sites for hydroxylation is 2. The minimum atomic E-state index is 0.416. The van der Waals surface area contributed by atoms with Gasteiger partial charge in [0.05, 0.1) is 15.9 Å². The molecule has 4 heteroatoms. The van der Waals surface area contributed by atoms with Crippen LogP contribution in [0.1, 0.15) is 37.6 Å². The van der Waals surface area contributed by atoms with E-state index in [1.54, 1.807) is 0 Å². The fourth-order valence-corrected chi connectivity index (χ4v) is 3.16. The molecule has 3 nitrogen and oxygen atoms in total. The van der Waals surface area contributed by atoms with Crippen LogP contribution in [0.15, 0.2) is 4.47 Å². The molecule has 0 aromatic carbocycles. The van der Waals surface area contributed by atoms with E-state index < -0.39 is 0 Å². The molecule has 1 atom stereocenters. The van der Waals surface area contributed by atoms with Gasteiger partial charge in [-0.3, -0.25) is 9.48 Å². The first-order valence-corrected chi connectivity index (χ1v) is 6.63. The third kappa shape index (κ3) is 2.21. The summed E-state index contributed by atoms with van der Waals surface area (Å²) in [7, 11) is 1.98. The Labute approximate surface area is 104 Å². The summed E-state index contributed by atoms with van der Waals surface area (Å²) >= 11 is 3.62. The fourth-order valence-electron chi connectivity index (χ4n) is 2.38. The zero-order valence-corrected chi connectivity index (χ0v) is 11.4. The van der Waals surface area contributed by atoms with Gasteiger partial charge in [0.15, 0.2) is 0 Å². The number of ketones is 1. The maximum Gasteiger partial charge on any atom is 0.133 e. The second kappa shape index (κ2) is 4.70. The Kier molecular flexibility index (Phi) is 3.47. The number of hydrogen-bond donors (Lipinski definition) is 0. The molecule has 1 heterocycles. The van der Waals surface area contributed by atoms with E-state index >= 15 is 0 Å². The molecule has 0 aliphatic heterocycles. The van der Waals surface area contributed by atoms with E-state index in [1.165, 1.54) is 5.69 Å². The van der Waals surface area contributed by atoms with Crippen LogP contribution in [0.5, 0.6) is 0 Å². The van der Waals surface area contributed by atoms with Crippen molar-refractivity contribution in [2.24, 2.45) is 13.0 Å². The van der Waals surface area contributed by atoms with Crippen molar-refractivity contribution in [1.29, 1.82) is 0 Å². The Morgan fingerprint density at radius 1 is 1.56 bits per heavy atom. The van der Waals surface area contributed by atoms with Crippen LogP contribution in [-0.2, 0) is 24.7 Å². The van der Waals surface area contributed by atoms with Gasteiger partial charge in [-0.2, -0.15) is 5.10 Å². The van der Waals surface area contributed by atoms with Gasteiger partial charge < -0.3 is 0 Å². The highest BCUT2D eigenvalue weighted by Gasteiger charge is 2.25. The van der Waals surface area contributed by atoms with Crippen LogP contribution in [0.25, 0.3) is 0 Å². The predicted octanol–water partition coefficient (Wildman–Crippen LogP) is 2.66. The molecule has 0 bridgehead atoms. The standard InChI is InChI=1S/C12H17BrN2O/c1-3-10-12(13)11(15(2)14-10)7-8-4-5-9(16)6-8/h8H,3-7H2,1-2H3. The number of halogens is 1. The molecular formula is C12H17BrN2O. The van der Waals surface area contributed by atoms with Crippen molar-refractivity contribution in [2.75, 3.05) is 0 Å². The van der Waals surface area contributed by atoms with E-state index in [-0.39, 0.29) is 0 Å². The summed E-state index contributed by atoms with van der Waals surface area (Å²) < 4.78 is 3.09. The number of rotatable bonds is 3. The topological polar surface area (TPSA) is 34.9 Å². The van der Waals surface area contributed by atoms with E-state index in [9.17, 15) is 4.79 Å². The smallest absolute Gasteiger partial charge is 0.133 e. The van der Waals surface area contributed by atoms with Crippen molar-refractivity contribution in [3.63, 3.8) is 0 Å². The largest absolute Gasteiger partial charge is 0.300 e. The maximum absolute atomic E-state index is 11.2. The summed E-state index contributed by atoms with van der Waals surface area (Å²) in [5, 5.41) is 4.47. The highest BCUT2D eigenvalue weighted by molar-refractivity contribution is 9.10. The Morgan fingerprint density at radius 2 is 2.31 bits per heavy atom. The van der Waals surface area contributed by atoms with Crippen molar-refractivity contribution in [1.82, 2.24) is 9.78 Å². The first-order valence-electron chi connectivity index (χ1n) is 5.83. The number of carbonyl (C=O) groups is 1. The molecule has 1 aliphatic rings. The quantitative estimate of drug-likeness (QED) is 0.855. The van der Waals surface area contributed by atoms with Gasteiger partial charge in [-0.05, 0) is 41.1 Å². The van der Waals surface area contributed by atoms with Crippen LogP contribution in [0.3, 0.4) is 0 Å². The molecule has 1 aromatic rings. The van der Waals surface area contributed by atoms with Crippen molar-refractivity contribution in [3.8, 4) is 0 Å². The van der Waals surface area contributed by atoms with Gasteiger partial charge in [0.1, 0.15) is 5.78 Å². The SMILES string of the molecule is CCc1nn(C)c(CC2CCC(=O)C2)c1Br. The molecular weight excluding hydrogens is 268 g/mol. The van der Waals surface area contributed by atoms with E-state index in [4.69, 9.17) is 0 Å². The van der Waals surface area contributed by atoms with Gasteiger partial charge in [-0.25, -0.2) is 0 Å². The fraction of sp³-hybridized carbons (Fsp3) is 0.667. The third-order valence-corrected chi connectivity index (χ3v) is 4.25. The highest BCUT2D eigenvalue weighted by atomic mass is 79.9. The predicted molar refractivity (Wildman–Crippen MR) is 66.3 cm³/mol. The maximum atomic E-state index is 11.2. The Hall–Kier alpha value is -0.640. The molecule has 88 valence electrons. The normalized spacial score (nSPS) is 20.7. The summed E-state index contributed by atoms with van der Waals surface area (Å²) in [6.45, 7) is 2.11. The molecule has 16 heavy (non-hydrogen) atoms. The molecule has 1 fully saturated rings. The first-order chi connectivity index (χ1) is 7.61. The summed E-state index contributed by atoms with van der Waals surface area (Å²) in [5.74, 6) is 0.933. The second-order valence-electron chi connectivity index (χ2n) is 4.54. The Bertz CT molecular complexity index is 411. The van der Waals surface area contributed by atoms with Crippen LogP contribution in [0.4, 0.5) is 0 Å².